The van der Waals surface area contributed by atoms with Crippen LogP contribution >= 0.6 is 11.6 Å². The molecule has 2 fully saturated rings. The zero-order chi connectivity index (χ0) is 19.0. The van der Waals surface area contributed by atoms with Gasteiger partial charge in [0, 0.05) is 29.7 Å². The number of anilines is 2. The molecule has 0 bridgehead atoms. The summed E-state index contributed by atoms with van der Waals surface area (Å²) in [5.41, 5.74) is 1.90. The molecule has 1 saturated heterocycles. The van der Waals surface area contributed by atoms with E-state index in [-0.39, 0.29) is 11.8 Å². The molecule has 0 spiro atoms. The number of hydrogen-bond donors (Lipinski definition) is 1. The molecule has 4 rings (SSSR count). The van der Waals surface area contributed by atoms with E-state index in [2.05, 4.69) is 5.32 Å². The summed E-state index contributed by atoms with van der Waals surface area (Å²) in [7, 11) is 1.57. The number of rotatable bonds is 5. The van der Waals surface area contributed by atoms with Gasteiger partial charge in [-0.2, -0.15) is 0 Å². The molecule has 2 aliphatic rings. The predicted molar refractivity (Wildman–Crippen MR) is 106 cm³/mol. The Morgan fingerprint density at radius 1 is 1.19 bits per heavy atom. The molecule has 6 heteroatoms. The molecule has 1 aliphatic carbocycles. The monoisotopic (exact) mass is 384 g/mol. The summed E-state index contributed by atoms with van der Waals surface area (Å²) in [4.78, 5) is 26.7. The zero-order valence-corrected chi connectivity index (χ0v) is 15.9. The lowest BCUT2D eigenvalue weighted by atomic mass is 9.95. The molecule has 1 heterocycles. The lowest BCUT2D eigenvalue weighted by Gasteiger charge is -2.21. The van der Waals surface area contributed by atoms with Gasteiger partial charge >= 0.3 is 0 Å². The Kier molecular flexibility index (Phi) is 4.56. The number of nitrogens with zero attached hydrogens (tertiary/aromatic N) is 1. The topological polar surface area (TPSA) is 58.6 Å². The molecule has 0 aromatic heterocycles. The average Bonchev–Trinajstić information content (AvgIpc) is 3.38. The van der Waals surface area contributed by atoms with Gasteiger partial charge < -0.3 is 15.0 Å². The van der Waals surface area contributed by atoms with Crippen LogP contribution in [0.15, 0.2) is 42.5 Å². The molecule has 1 aliphatic heterocycles. The van der Waals surface area contributed by atoms with Gasteiger partial charge in [-0.1, -0.05) is 23.7 Å². The predicted octanol–water partition coefficient (Wildman–Crippen LogP) is 4.15. The molecule has 1 saturated carbocycles. The number of carbonyl (C=O) groups is 2. The van der Waals surface area contributed by atoms with Crippen LogP contribution in [0.4, 0.5) is 11.4 Å². The second-order valence-electron chi connectivity index (χ2n) is 7.08. The fourth-order valence-electron chi connectivity index (χ4n) is 3.67. The average molecular weight is 385 g/mol. The van der Waals surface area contributed by atoms with E-state index in [0.29, 0.717) is 29.4 Å². The minimum Gasteiger partial charge on any atom is -0.494 e. The molecular weight excluding hydrogens is 364 g/mol. The summed E-state index contributed by atoms with van der Waals surface area (Å²) in [6, 6.07) is 12.9. The first-order valence-electron chi connectivity index (χ1n) is 9.09. The smallest absolute Gasteiger partial charge is 0.235 e. The summed E-state index contributed by atoms with van der Waals surface area (Å²) in [6.45, 7) is 0.695. The van der Waals surface area contributed by atoms with E-state index in [1.807, 2.05) is 36.4 Å². The third-order valence-corrected chi connectivity index (χ3v) is 5.64. The van der Waals surface area contributed by atoms with Gasteiger partial charge in [0.05, 0.1) is 18.2 Å². The number of carbonyl (C=O) groups excluding carboxylic acids is 2. The van der Waals surface area contributed by atoms with Crippen LogP contribution in [-0.2, 0) is 15.0 Å². The molecule has 1 N–H and O–H groups in total. The third-order valence-electron chi connectivity index (χ3n) is 5.38. The highest BCUT2D eigenvalue weighted by Crippen LogP contribution is 2.49. The Labute approximate surface area is 163 Å². The van der Waals surface area contributed by atoms with E-state index in [1.54, 1.807) is 18.1 Å². The van der Waals surface area contributed by atoms with Gasteiger partial charge in [-0.05, 0) is 49.1 Å². The minimum atomic E-state index is -0.485. The number of methoxy groups -OCH3 is 1. The van der Waals surface area contributed by atoms with Crippen molar-refractivity contribution in [3.05, 3.63) is 53.1 Å². The van der Waals surface area contributed by atoms with Crippen LogP contribution in [0.5, 0.6) is 5.75 Å². The second kappa shape index (κ2) is 6.89. The molecule has 0 radical (unpaired) electrons. The van der Waals surface area contributed by atoms with E-state index in [4.69, 9.17) is 16.3 Å². The van der Waals surface area contributed by atoms with Gasteiger partial charge in [0.25, 0.3) is 0 Å². The Hall–Kier alpha value is -2.53. The van der Waals surface area contributed by atoms with Gasteiger partial charge in [0.1, 0.15) is 5.75 Å². The minimum absolute atomic E-state index is 0.0307. The van der Waals surface area contributed by atoms with Crippen LogP contribution in [-0.4, -0.2) is 25.5 Å². The first kappa shape index (κ1) is 17.9. The maximum Gasteiger partial charge on any atom is 0.235 e. The summed E-state index contributed by atoms with van der Waals surface area (Å²) in [6.07, 6.45) is 3.05. The molecule has 2 aromatic rings. The van der Waals surface area contributed by atoms with Crippen molar-refractivity contribution in [2.75, 3.05) is 23.9 Å². The summed E-state index contributed by atoms with van der Waals surface area (Å²) < 4.78 is 5.47. The van der Waals surface area contributed by atoms with Crippen molar-refractivity contribution in [2.24, 2.45) is 0 Å². The number of hydrogen-bond acceptors (Lipinski definition) is 3. The normalized spacial score (nSPS) is 17.7. The van der Waals surface area contributed by atoms with Crippen molar-refractivity contribution in [1.82, 2.24) is 0 Å². The second-order valence-corrected chi connectivity index (χ2v) is 7.52. The Bertz CT molecular complexity index is 891. The zero-order valence-electron chi connectivity index (χ0n) is 15.1. The number of amides is 2. The van der Waals surface area contributed by atoms with Crippen molar-refractivity contribution in [2.45, 2.75) is 31.1 Å². The van der Waals surface area contributed by atoms with Gasteiger partial charge in [-0.25, -0.2) is 0 Å². The Balaban J connectivity index is 1.55. The van der Waals surface area contributed by atoms with Crippen molar-refractivity contribution in [3.63, 3.8) is 0 Å². The summed E-state index contributed by atoms with van der Waals surface area (Å²) in [5, 5.41) is 3.67. The van der Waals surface area contributed by atoms with Gasteiger partial charge in [0.2, 0.25) is 11.8 Å². The Morgan fingerprint density at radius 3 is 2.52 bits per heavy atom. The Morgan fingerprint density at radius 2 is 1.93 bits per heavy atom. The number of halogens is 1. The molecule has 5 nitrogen and oxygen atoms in total. The lowest BCUT2D eigenvalue weighted by Crippen LogP contribution is -2.28. The van der Waals surface area contributed by atoms with Crippen LogP contribution in [0.3, 0.4) is 0 Å². The van der Waals surface area contributed by atoms with Crippen molar-refractivity contribution in [3.8, 4) is 5.75 Å². The van der Waals surface area contributed by atoms with E-state index in [9.17, 15) is 9.59 Å². The SMILES string of the molecule is COc1cc(NC(=O)C2(c3ccc(Cl)cc3)CC2)ccc1N1CCCC1=O. The highest BCUT2D eigenvalue weighted by molar-refractivity contribution is 6.30. The van der Waals surface area contributed by atoms with Crippen LogP contribution in [0, 0.1) is 0 Å². The van der Waals surface area contributed by atoms with E-state index >= 15 is 0 Å². The largest absolute Gasteiger partial charge is 0.494 e. The lowest BCUT2D eigenvalue weighted by molar-refractivity contribution is -0.118. The first-order valence-corrected chi connectivity index (χ1v) is 9.47. The van der Waals surface area contributed by atoms with Crippen LogP contribution in [0.1, 0.15) is 31.2 Å². The van der Waals surface area contributed by atoms with Gasteiger partial charge in [-0.15, -0.1) is 0 Å². The molecule has 140 valence electrons. The van der Waals surface area contributed by atoms with Gasteiger partial charge in [-0.3, -0.25) is 9.59 Å². The molecule has 0 atom stereocenters. The molecule has 0 unspecified atom stereocenters. The third kappa shape index (κ3) is 3.28. The quantitative estimate of drug-likeness (QED) is 0.842. The standard InChI is InChI=1S/C21H21ClN2O3/c1-27-18-13-16(8-9-17(18)24-12-2-3-19(24)25)23-20(26)21(10-11-21)14-4-6-15(22)7-5-14/h4-9,13H,2-3,10-12H2,1H3,(H,23,26). The molecule has 2 aromatic carbocycles. The van der Waals surface area contributed by atoms with E-state index < -0.39 is 5.41 Å². The highest BCUT2D eigenvalue weighted by Gasteiger charge is 2.51. The molecule has 27 heavy (non-hydrogen) atoms. The number of nitrogens with one attached hydrogen (secondary N) is 1. The van der Waals surface area contributed by atoms with Crippen molar-refractivity contribution >= 4 is 34.8 Å². The fourth-order valence-corrected chi connectivity index (χ4v) is 3.80. The van der Waals surface area contributed by atoms with Crippen molar-refractivity contribution < 1.29 is 14.3 Å². The number of benzene rings is 2. The summed E-state index contributed by atoms with van der Waals surface area (Å²) in [5.74, 6) is 0.654. The maximum atomic E-state index is 12.9. The van der Waals surface area contributed by atoms with E-state index in [0.717, 1.165) is 30.5 Å². The van der Waals surface area contributed by atoms with Crippen LogP contribution in [0.25, 0.3) is 0 Å². The van der Waals surface area contributed by atoms with Crippen LogP contribution < -0.4 is 15.0 Å². The number of ether oxygens (including phenoxy) is 1. The maximum absolute atomic E-state index is 12.9. The van der Waals surface area contributed by atoms with E-state index in [1.165, 1.54) is 0 Å². The molecular formula is C21H21ClN2O3. The van der Waals surface area contributed by atoms with Crippen molar-refractivity contribution in [1.29, 1.82) is 0 Å². The molecule has 2 amide bonds. The fraction of sp³-hybridized carbons (Fsp3) is 0.333. The van der Waals surface area contributed by atoms with Crippen LogP contribution in [0.2, 0.25) is 5.02 Å². The van der Waals surface area contributed by atoms with Gasteiger partial charge in [0.15, 0.2) is 0 Å². The highest BCUT2D eigenvalue weighted by atomic mass is 35.5. The summed E-state index contributed by atoms with van der Waals surface area (Å²) >= 11 is 5.96. The first-order chi connectivity index (χ1) is 13.0.